The molecule has 0 saturated carbocycles. The third-order valence-electron chi connectivity index (χ3n) is 2.08. The van der Waals surface area contributed by atoms with Crippen LogP contribution in [0.4, 0.5) is 5.13 Å². The Morgan fingerprint density at radius 1 is 1.44 bits per heavy atom. The third-order valence-corrected chi connectivity index (χ3v) is 4.03. The fourth-order valence-electron chi connectivity index (χ4n) is 1.33. The minimum Gasteiger partial charge on any atom is -0.376 e. The molecular formula is C10H11N3S3. The van der Waals surface area contributed by atoms with Crippen LogP contribution in [0.15, 0.2) is 29.1 Å². The van der Waals surface area contributed by atoms with Crippen molar-refractivity contribution in [2.75, 3.05) is 11.4 Å². The smallest absolute Gasteiger partial charge is 0.191 e. The van der Waals surface area contributed by atoms with E-state index in [-0.39, 0.29) is 0 Å². The van der Waals surface area contributed by atoms with Crippen molar-refractivity contribution < 1.29 is 0 Å². The molecule has 0 spiro atoms. The van der Waals surface area contributed by atoms with E-state index in [0.29, 0.717) is 5.11 Å². The van der Waals surface area contributed by atoms with Crippen LogP contribution in [0.2, 0.25) is 0 Å². The molecule has 0 fully saturated rings. The van der Waals surface area contributed by atoms with Crippen molar-refractivity contribution in [2.24, 2.45) is 5.73 Å². The van der Waals surface area contributed by atoms with Crippen LogP contribution in [-0.2, 0) is 6.42 Å². The number of anilines is 1. The van der Waals surface area contributed by atoms with Gasteiger partial charge in [-0.3, -0.25) is 4.90 Å². The first-order chi connectivity index (χ1) is 7.77. The number of aromatic nitrogens is 1. The van der Waals surface area contributed by atoms with Crippen LogP contribution in [0.3, 0.4) is 0 Å². The number of hydrogen-bond donors (Lipinski definition) is 1. The van der Waals surface area contributed by atoms with E-state index >= 15 is 0 Å². The molecule has 0 atom stereocenters. The van der Waals surface area contributed by atoms with Crippen LogP contribution in [0.25, 0.3) is 0 Å². The maximum Gasteiger partial charge on any atom is 0.191 e. The van der Waals surface area contributed by atoms with E-state index in [1.54, 1.807) is 28.9 Å². The molecule has 0 aliphatic carbocycles. The monoisotopic (exact) mass is 269 g/mol. The summed E-state index contributed by atoms with van der Waals surface area (Å²) >= 11 is 8.33. The number of thiocarbonyl (C=S) groups is 1. The molecule has 0 aliphatic rings. The second kappa shape index (κ2) is 5.38. The molecule has 0 bridgehead atoms. The molecule has 2 aromatic rings. The van der Waals surface area contributed by atoms with Crippen LogP contribution in [0, 0.1) is 0 Å². The van der Waals surface area contributed by atoms with Gasteiger partial charge in [0, 0.05) is 23.0 Å². The summed E-state index contributed by atoms with van der Waals surface area (Å²) in [5, 5.41) is 5.24. The van der Waals surface area contributed by atoms with Crippen molar-refractivity contribution in [1.82, 2.24) is 4.98 Å². The summed E-state index contributed by atoms with van der Waals surface area (Å²) in [7, 11) is 0. The highest BCUT2D eigenvalue weighted by Gasteiger charge is 2.11. The lowest BCUT2D eigenvalue weighted by Crippen LogP contribution is -2.36. The second-order valence-corrected chi connectivity index (χ2v) is 5.46. The summed E-state index contributed by atoms with van der Waals surface area (Å²) in [6.07, 6.45) is 2.70. The van der Waals surface area contributed by atoms with E-state index in [2.05, 4.69) is 22.5 Å². The summed E-state index contributed by atoms with van der Waals surface area (Å²) in [4.78, 5) is 7.42. The molecule has 84 valence electrons. The van der Waals surface area contributed by atoms with Gasteiger partial charge in [0.15, 0.2) is 10.2 Å². The highest BCUT2D eigenvalue weighted by molar-refractivity contribution is 7.80. The topological polar surface area (TPSA) is 42.1 Å². The van der Waals surface area contributed by atoms with E-state index in [4.69, 9.17) is 18.0 Å². The number of thiazole rings is 1. The molecule has 2 rings (SSSR count). The van der Waals surface area contributed by atoms with Gasteiger partial charge in [-0.15, -0.1) is 22.7 Å². The molecule has 3 nitrogen and oxygen atoms in total. The van der Waals surface area contributed by atoms with E-state index < -0.39 is 0 Å². The number of nitrogens with two attached hydrogens (primary N) is 1. The maximum atomic E-state index is 5.69. The van der Waals surface area contributed by atoms with Crippen LogP contribution >= 0.6 is 34.9 Å². The predicted octanol–water partition coefficient (Wildman–Crippen LogP) is 2.50. The van der Waals surface area contributed by atoms with Gasteiger partial charge in [-0.1, -0.05) is 6.07 Å². The van der Waals surface area contributed by atoms with Crippen LogP contribution < -0.4 is 10.6 Å². The molecule has 0 aromatic carbocycles. The standard InChI is InChI=1S/C10H11N3S3/c11-9(14)13(10-12-4-7-16-10)5-3-8-2-1-6-15-8/h1-2,4,6-7H,3,5H2,(H2,11,14). The number of rotatable bonds is 4. The van der Waals surface area contributed by atoms with Crippen molar-refractivity contribution in [2.45, 2.75) is 6.42 Å². The molecule has 2 N–H and O–H groups in total. The second-order valence-electron chi connectivity index (χ2n) is 3.13. The zero-order valence-corrected chi connectivity index (χ0v) is 10.9. The Kier molecular flexibility index (Phi) is 3.87. The minimum absolute atomic E-state index is 0.381. The van der Waals surface area contributed by atoms with Crippen molar-refractivity contribution in [3.63, 3.8) is 0 Å². The number of hydrogen-bond acceptors (Lipinski definition) is 4. The molecule has 16 heavy (non-hydrogen) atoms. The summed E-state index contributed by atoms with van der Waals surface area (Å²) in [6.45, 7) is 0.781. The first-order valence-electron chi connectivity index (χ1n) is 4.76. The first-order valence-corrected chi connectivity index (χ1v) is 6.93. The Hall–Kier alpha value is -0.980. The lowest BCUT2D eigenvalue weighted by atomic mass is 10.3. The Labute approximate surface area is 108 Å². The molecule has 2 heterocycles. The van der Waals surface area contributed by atoms with E-state index in [9.17, 15) is 0 Å². The summed E-state index contributed by atoms with van der Waals surface area (Å²) < 4.78 is 0. The largest absolute Gasteiger partial charge is 0.376 e. The Bertz CT molecular complexity index is 436. The highest BCUT2D eigenvalue weighted by Crippen LogP contribution is 2.18. The fraction of sp³-hybridized carbons (Fsp3) is 0.200. The van der Waals surface area contributed by atoms with Gasteiger partial charge in [0.1, 0.15) is 0 Å². The molecule has 0 amide bonds. The zero-order chi connectivity index (χ0) is 11.4. The highest BCUT2D eigenvalue weighted by atomic mass is 32.1. The maximum absolute atomic E-state index is 5.69. The lowest BCUT2D eigenvalue weighted by molar-refractivity contribution is 0.944. The molecule has 0 unspecified atom stereocenters. The van der Waals surface area contributed by atoms with Gasteiger partial charge >= 0.3 is 0 Å². The quantitative estimate of drug-likeness (QED) is 0.866. The van der Waals surface area contributed by atoms with E-state index in [1.807, 2.05) is 10.3 Å². The van der Waals surface area contributed by atoms with Crippen LogP contribution in [-0.4, -0.2) is 16.6 Å². The molecule has 0 aliphatic heterocycles. The normalized spacial score (nSPS) is 10.2. The molecular weight excluding hydrogens is 258 g/mol. The van der Waals surface area contributed by atoms with E-state index in [1.165, 1.54) is 4.88 Å². The predicted molar refractivity (Wildman–Crippen MR) is 74.3 cm³/mol. The van der Waals surface area contributed by atoms with Gasteiger partial charge in [-0.05, 0) is 30.1 Å². The number of thiophene rings is 1. The van der Waals surface area contributed by atoms with Crippen molar-refractivity contribution >= 4 is 45.1 Å². The van der Waals surface area contributed by atoms with Gasteiger partial charge in [0.05, 0.1) is 0 Å². The van der Waals surface area contributed by atoms with Crippen molar-refractivity contribution in [3.8, 4) is 0 Å². The average molecular weight is 269 g/mol. The SMILES string of the molecule is NC(=S)N(CCc1cccs1)c1nccs1. The van der Waals surface area contributed by atoms with E-state index in [0.717, 1.165) is 18.1 Å². The molecule has 0 radical (unpaired) electrons. The first kappa shape index (κ1) is 11.5. The average Bonchev–Trinajstić information content (AvgIpc) is 2.88. The van der Waals surface area contributed by atoms with Crippen LogP contribution in [0.5, 0.6) is 0 Å². The Balaban J connectivity index is 2.02. The lowest BCUT2D eigenvalue weighted by Gasteiger charge is -2.18. The zero-order valence-electron chi connectivity index (χ0n) is 8.50. The van der Waals surface area contributed by atoms with Gasteiger partial charge in [-0.25, -0.2) is 4.98 Å². The summed E-state index contributed by atoms with van der Waals surface area (Å²) in [5.74, 6) is 0. The fourth-order valence-corrected chi connectivity index (χ4v) is 2.94. The molecule has 6 heteroatoms. The summed E-state index contributed by atoms with van der Waals surface area (Å²) in [5.41, 5.74) is 5.69. The minimum atomic E-state index is 0.381. The Morgan fingerprint density at radius 3 is 2.88 bits per heavy atom. The Morgan fingerprint density at radius 2 is 2.31 bits per heavy atom. The molecule has 2 aromatic heterocycles. The third kappa shape index (κ3) is 2.78. The van der Waals surface area contributed by atoms with Gasteiger partial charge < -0.3 is 5.73 Å². The van der Waals surface area contributed by atoms with Crippen molar-refractivity contribution in [3.05, 3.63) is 34.0 Å². The van der Waals surface area contributed by atoms with Crippen LogP contribution in [0.1, 0.15) is 4.88 Å². The van der Waals surface area contributed by atoms with Crippen molar-refractivity contribution in [1.29, 1.82) is 0 Å². The summed E-state index contributed by atoms with van der Waals surface area (Å²) in [6, 6.07) is 4.17. The van der Waals surface area contributed by atoms with Gasteiger partial charge in [0.25, 0.3) is 0 Å². The van der Waals surface area contributed by atoms with Gasteiger partial charge in [-0.2, -0.15) is 0 Å². The molecule has 0 saturated heterocycles. The van der Waals surface area contributed by atoms with Gasteiger partial charge in [0.2, 0.25) is 0 Å². The number of nitrogens with zero attached hydrogens (tertiary/aromatic N) is 2.